The van der Waals surface area contributed by atoms with Gasteiger partial charge in [-0.3, -0.25) is 4.79 Å². The van der Waals surface area contributed by atoms with E-state index in [1.54, 1.807) is 158 Å². The molecule has 0 amide bonds. The number of furan rings is 7. The lowest BCUT2D eigenvalue weighted by atomic mass is 9.97. The van der Waals surface area contributed by atoms with Crippen LogP contribution in [0.2, 0.25) is 0 Å². The van der Waals surface area contributed by atoms with E-state index < -0.39 is 61.7 Å². The van der Waals surface area contributed by atoms with Crippen molar-refractivity contribution in [3.05, 3.63) is 359 Å². The monoisotopic (exact) mass is 1770 g/mol. The van der Waals surface area contributed by atoms with Crippen molar-refractivity contribution in [1.29, 1.82) is 0 Å². The lowest BCUT2D eigenvalue weighted by Crippen LogP contribution is -2.58. The minimum absolute atomic E-state index is 0.0186. The molecule has 1 aliphatic heterocycles. The average molecular weight is 1770 g/mol. The highest BCUT2D eigenvalue weighted by Crippen LogP contribution is 2.40. The zero-order valence-corrected chi connectivity index (χ0v) is 71.6. The summed E-state index contributed by atoms with van der Waals surface area (Å²) in [7, 11) is 3.02. The number of aryl methyl sites for hydroxylation is 7. The highest BCUT2D eigenvalue weighted by molar-refractivity contribution is 5.70. The molecule has 14 aromatic rings. The van der Waals surface area contributed by atoms with Crippen molar-refractivity contribution >= 4 is 6.29 Å². The van der Waals surface area contributed by atoms with E-state index in [4.69, 9.17) is 91.5 Å². The van der Waals surface area contributed by atoms with Crippen molar-refractivity contribution in [3.8, 4) is 52.1 Å². The Bertz CT molecular complexity index is 5610. The van der Waals surface area contributed by atoms with Crippen LogP contribution in [0.5, 0.6) is 52.1 Å². The quantitative estimate of drug-likeness (QED) is 0.0280. The topological polar surface area (TPSA) is 541 Å². The Kier molecular flexibility index (Phi) is 38.0. The maximum absolute atomic E-state index is 11.2. The van der Waals surface area contributed by atoms with Crippen molar-refractivity contribution < 1.29 is 152 Å². The number of ether oxygens (including phenoxy) is 3. The summed E-state index contributed by atoms with van der Waals surface area (Å²) in [5, 5.41) is 191. The number of aromatic hydroxyl groups is 7. The fraction of sp³-hybridized carbons (Fsp3) is 0.268. The van der Waals surface area contributed by atoms with Crippen LogP contribution < -0.4 is 9.47 Å². The summed E-state index contributed by atoms with van der Waals surface area (Å²) in [6, 6.07) is 59.5. The molecule has 0 aliphatic carbocycles. The molecule has 7 aromatic heterocycles. The van der Waals surface area contributed by atoms with Gasteiger partial charge < -0.3 is 147 Å². The van der Waals surface area contributed by atoms with E-state index in [1.807, 2.05) is 90.9 Å². The van der Waals surface area contributed by atoms with Gasteiger partial charge in [0, 0.05) is 70.3 Å². The van der Waals surface area contributed by atoms with Gasteiger partial charge in [0.05, 0.1) is 20.8 Å². The van der Waals surface area contributed by atoms with E-state index in [0.717, 1.165) is 33.4 Å². The van der Waals surface area contributed by atoms with Crippen LogP contribution in [0.1, 0.15) is 176 Å². The Morgan fingerprint density at radius 2 is 0.633 bits per heavy atom. The van der Waals surface area contributed by atoms with Gasteiger partial charge in [0.2, 0.25) is 0 Å². The van der Waals surface area contributed by atoms with Crippen molar-refractivity contribution in [3.63, 3.8) is 0 Å². The molecule has 682 valence electrons. The molecule has 8 heterocycles. The number of aldehydes is 1. The number of phenolic OH excluding ortho intramolecular Hbond substituents is 7. The predicted octanol–water partition coefficient (Wildman–Crippen LogP) is 12.7. The van der Waals surface area contributed by atoms with Crippen LogP contribution in [0.4, 0.5) is 0 Å². The summed E-state index contributed by atoms with van der Waals surface area (Å²) < 4.78 is 52.0. The van der Waals surface area contributed by atoms with Gasteiger partial charge in [-0.05, 0) is 188 Å². The van der Waals surface area contributed by atoms with E-state index in [9.17, 15) is 55.9 Å². The van der Waals surface area contributed by atoms with Gasteiger partial charge >= 0.3 is 0 Å². The Morgan fingerprint density at radius 1 is 0.320 bits per heavy atom. The van der Waals surface area contributed by atoms with Gasteiger partial charge in [0.25, 0.3) is 11.9 Å². The summed E-state index contributed by atoms with van der Waals surface area (Å²) in [5.74, 6) is 6.22. The zero-order valence-electron chi connectivity index (χ0n) is 71.6. The van der Waals surface area contributed by atoms with E-state index in [2.05, 4.69) is 4.74 Å². The Hall–Kier alpha value is -13.2. The number of phenols is 7. The first-order valence-electron chi connectivity index (χ1n) is 39.9. The molecule has 9 atom stereocenters. The molecule has 1 aliphatic rings. The molecule has 0 spiro atoms. The van der Waals surface area contributed by atoms with Gasteiger partial charge in [-0.15, -0.1) is 0 Å². The van der Waals surface area contributed by atoms with Gasteiger partial charge in [0.1, 0.15) is 179 Å². The number of hydrogen-bond acceptors (Lipinski definition) is 31. The normalized spacial score (nSPS) is 15.2. The molecule has 0 bridgehead atoms. The number of carbonyl (C=O) groups is 1. The van der Waals surface area contributed by atoms with E-state index in [1.165, 1.54) is 37.5 Å². The molecule has 7 aromatic carbocycles. The predicted molar refractivity (Wildman–Crippen MR) is 464 cm³/mol. The Morgan fingerprint density at radius 3 is 0.992 bits per heavy atom. The first-order chi connectivity index (χ1) is 61.1. The molecule has 0 saturated carbocycles. The maximum atomic E-state index is 11.2. The molecular formula is C97H108O31. The molecule has 20 N–H and O–H groups in total. The molecule has 9 unspecified atom stereocenters. The smallest absolute Gasteiger partial charge is 0.284 e. The van der Waals surface area contributed by atoms with Crippen LogP contribution in [0.3, 0.4) is 0 Å². The number of aliphatic hydroxyl groups excluding tert-OH is 13. The number of aliphatic hydroxyl groups is 13. The van der Waals surface area contributed by atoms with Crippen molar-refractivity contribution in [1.82, 2.24) is 0 Å². The molecule has 31 heteroatoms. The zero-order chi connectivity index (χ0) is 93.6. The highest BCUT2D eigenvalue weighted by Gasteiger charge is 2.42. The minimum atomic E-state index is -1.57. The van der Waals surface area contributed by atoms with Crippen LogP contribution in [-0.2, 0) is 50.4 Å². The second-order valence-electron chi connectivity index (χ2n) is 29.6. The van der Waals surface area contributed by atoms with Crippen molar-refractivity contribution in [2.24, 2.45) is 0 Å². The molecule has 1 fully saturated rings. The average Bonchev–Trinajstić information content (AvgIpc) is 1.55. The number of methoxy groups -OCH3 is 2. The SMILES string of the molecule is COc1ccc(CO)o1.COc1ccc(Cc2cc(C)cc(C(O)c3ccc(Cc4cc(C)cc(C(O)c5ccc(CO)o5)c4O)o3)c2O)o1.Cc1ccc(O)c(C(O)c2ccc(CO)o2)c1.Cc1ccc(O)c(Cc2ccc(C(O)c3cc(C)ccc3O)o2)c1.Cc1ccc(O)cc1.Cc1ccc(O)cc1.O=Cc1ccc(CO)o1.OCC1OC(O)C(O)C(O)C1O. The number of rotatable bonds is 22. The van der Waals surface area contributed by atoms with E-state index in [0.29, 0.717) is 122 Å². The summed E-state index contributed by atoms with van der Waals surface area (Å²) in [6.07, 6.45) is -10.1. The van der Waals surface area contributed by atoms with Gasteiger partial charge in [-0.1, -0.05) is 99.6 Å². The Balaban J connectivity index is 0.000000198. The van der Waals surface area contributed by atoms with Crippen LogP contribution >= 0.6 is 0 Å². The number of hydrogen-bond donors (Lipinski definition) is 20. The first kappa shape index (κ1) is 100. The maximum Gasteiger partial charge on any atom is 0.284 e. The van der Waals surface area contributed by atoms with Gasteiger partial charge in [-0.25, -0.2) is 0 Å². The highest BCUT2D eigenvalue weighted by atomic mass is 16.6. The Labute approximate surface area is 736 Å². The second-order valence-corrected chi connectivity index (χ2v) is 29.6. The molecule has 128 heavy (non-hydrogen) atoms. The van der Waals surface area contributed by atoms with Crippen LogP contribution in [0.15, 0.2) is 243 Å². The molecule has 1 saturated heterocycles. The summed E-state index contributed by atoms with van der Waals surface area (Å²) in [6.45, 7) is 12.1. The lowest BCUT2D eigenvalue weighted by molar-refractivity contribution is -0.286. The van der Waals surface area contributed by atoms with Crippen LogP contribution in [-0.4, -0.2) is 160 Å². The minimum Gasteiger partial charge on any atom is -0.508 e. The number of carbonyl (C=O) groups excluding carboxylic acids is 1. The van der Waals surface area contributed by atoms with Crippen LogP contribution in [0.25, 0.3) is 0 Å². The molecule has 31 nitrogen and oxygen atoms in total. The van der Waals surface area contributed by atoms with E-state index >= 15 is 0 Å². The summed E-state index contributed by atoms with van der Waals surface area (Å²) in [5.41, 5.74) is 10.1. The molecule has 15 rings (SSSR count). The third-order valence-corrected chi connectivity index (χ3v) is 19.4. The van der Waals surface area contributed by atoms with Crippen molar-refractivity contribution in [2.45, 2.75) is 149 Å². The third-order valence-electron chi connectivity index (χ3n) is 19.4. The van der Waals surface area contributed by atoms with Crippen LogP contribution in [0, 0.1) is 48.5 Å². The van der Waals surface area contributed by atoms with E-state index in [-0.39, 0.29) is 84.4 Å². The fourth-order valence-corrected chi connectivity index (χ4v) is 12.6. The molecular weight excluding hydrogens is 1660 g/mol. The summed E-state index contributed by atoms with van der Waals surface area (Å²) >= 11 is 0. The van der Waals surface area contributed by atoms with Gasteiger partial charge in [0.15, 0.2) is 18.3 Å². The lowest BCUT2D eigenvalue weighted by Gasteiger charge is -2.37. The third kappa shape index (κ3) is 28.9. The number of benzene rings is 7. The van der Waals surface area contributed by atoms with Gasteiger partial charge in [-0.2, -0.15) is 0 Å². The fourth-order valence-electron chi connectivity index (χ4n) is 12.6. The standard InChI is InChI=1S/C32H32O9.C20H20O4.C13H14O4.2C7H8O.C6H12O6.C6H8O3.C6H6O3/c1-17-10-19(29(34)25(13-17)32(37)27-8-5-23(16-33)40-27)14-21-4-7-26(39-21)31(36)24-12-18(2)11-20(30(24)35)15-22-6-9-28(38-3)41-22;1-12-3-6-17(21)14(9-12)11-15-5-8-19(24-15)20(23)16-10-13(2)4-7-18(16)22;1-8-2-4-11(15)10(6-8)13(16)12-5-3-9(7-14)17-12;2*1-6-2-4-7(8)5-3-6;7-1-2-3(8)4(9)5(10)6(11)12-2;1-8-6-3-2-5(4-7)9-6;7-3-5-1-2-6(4-8)9-5/h4-13,31-37H,14-16H2,1-3H3;3-10,20-23H,11H2,1-2H3;2-6,13-16H,7H2,1H3;2*2-5,8H,1H3;2-11H,1H2;2-3,7H,4H2,1H3;1-3,8H,4H2. The van der Waals surface area contributed by atoms with Crippen molar-refractivity contribution in [2.75, 3.05) is 20.8 Å². The first-order valence-corrected chi connectivity index (χ1v) is 39.9. The molecule has 0 radical (unpaired) electrons. The largest absolute Gasteiger partial charge is 0.508 e. The summed E-state index contributed by atoms with van der Waals surface area (Å²) in [4.78, 5) is 9.96. The second kappa shape index (κ2) is 48.5.